The smallest absolute Gasteiger partial charge is 0.0920 e. The molecule has 2 atom stereocenters. The van der Waals surface area contributed by atoms with Crippen LogP contribution in [0.5, 0.6) is 0 Å². The normalized spacial score (nSPS) is 13.7. The minimum absolute atomic E-state index is 0.146. The fraction of sp³-hybridized carbons (Fsp3) is 0.333. The molecule has 0 unspecified atom stereocenters. The Kier molecular flexibility index (Phi) is 7.60. The summed E-state index contributed by atoms with van der Waals surface area (Å²) in [6, 6.07) is 19.9. The van der Waals surface area contributed by atoms with Gasteiger partial charge in [0.25, 0.3) is 0 Å². The van der Waals surface area contributed by atoms with Gasteiger partial charge in [-0.2, -0.15) is 0 Å². The van der Waals surface area contributed by atoms with Crippen LogP contribution in [0.15, 0.2) is 60.7 Å². The van der Waals surface area contributed by atoms with Crippen molar-refractivity contribution in [3.63, 3.8) is 0 Å². The first-order valence-corrected chi connectivity index (χ1v) is 8.23. The molecule has 0 spiro atoms. The van der Waals surface area contributed by atoms with Gasteiger partial charge in [-0.1, -0.05) is 76.6 Å². The van der Waals surface area contributed by atoms with E-state index in [1.54, 1.807) is 0 Å². The van der Waals surface area contributed by atoms with Crippen molar-refractivity contribution in [1.82, 2.24) is 0 Å². The van der Waals surface area contributed by atoms with Gasteiger partial charge in [-0.05, 0) is 11.1 Å². The number of benzene rings is 2. The molecular formula is C18H21BrO3. The first kappa shape index (κ1) is 17.2. The number of aliphatic hydroxyl groups excluding tert-OH is 1. The quantitative estimate of drug-likeness (QED) is 0.691. The summed E-state index contributed by atoms with van der Waals surface area (Å²) in [5.74, 6) is 0. The van der Waals surface area contributed by atoms with Gasteiger partial charge in [0.2, 0.25) is 0 Å². The first-order chi connectivity index (χ1) is 10.8. The third-order valence-corrected chi connectivity index (χ3v) is 4.08. The molecule has 0 saturated heterocycles. The second kappa shape index (κ2) is 9.74. The highest BCUT2D eigenvalue weighted by molar-refractivity contribution is 9.09. The third-order valence-electron chi connectivity index (χ3n) is 3.21. The molecule has 0 saturated carbocycles. The molecule has 0 aliphatic rings. The monoisotopic (exact) mass is 364 g/mol. The standard InChI is InChI=1S/C18H21BrO3/c19-17(13-21-11-15-7-3-1-4-8-15)18(20)14-22-12-16-9-5-2-6-10-16/h1-10,17-18,20H,11-14H2/t17-,18-/m0/s1. The molecule has 118 valence electrons. The number of hydrogen-bond acceptors (Lipinski definition) is 3. The van der Waals surface area contributed by atoms with Gasteiger partial charge in [0, 0.05) is 0 Å². The Morgan fingerprint density at radius 2 is 1.23 bits per heavy atom. The topological polar surface area (TPSA) is 38.7 Å². The van der Waals surface area contributed by atoms with Crippen molar-refractivity contribution < 1.29 is 14.6 Å². The van der Waals surface area contributed by atoms with Crippen molar-refractivity contribution in [1.29, 1.82) is 0 Å². The van der Waals surface area contributed by atoms with E-state index in [4.69, 9.17) is 9.47 Å². The van der Waals surface area contributed by atoms with E-state index >= 15 is 0 Å². The molecule has 0 aliphatic carbocycles. The fourth-order valence-electron chi connectivity index (χ4n) is 1.95. The molecule has 0 bridgehead atoms. The second-order valence-corrected chi connectivity index (χ2v) is 6.26. The molecule has 1 N–H and O–H groups in total. The number of rotatable bonds is 9. The lowest BCUT2D eigenvalue weighted by atomic mass is 10.2. The average molecular weight is 365 g/mol. The minimum atomic E-state index is -0.598. The van der Waals surface area contributed by atoms with Crippen LogP contribution in [-0.4, -0.2) is 29.3 Å². The molecule has 0 fully saturated rings. The van der Waals surface area contributed by atoms with E-state index < -0.39 is 6.10 Å². The van der Waals surface area contributed by atoms with E-state index in [-0.39, 0.29) is 11.4 Å². The lowest BCUT2D eigenvalue weighted by Crippen LogP contribution is -2.29. The molecule has 3 nitrogen and oxygen atoms in total. The minimum Gasteiger partial charge on any atom is -0.389 e. The Morgan fingerprint density at radius 1 is 0.773 bits per heavy atom. The number of alkyl halides is 1. The van der Waals surface area contributed by atoms with Gasteiger partial charge in [0.05, 0.1) is 37.4 Å². The Hall–Kier alpha value is -1.20. The van der Waals surface area contributed by atoms with E-state index in [2.05, 4.69) is 15.9 Å². The van der Waals surface area contributed by atoms with Crippen LogP contribution in [0.4, 0.5) is 0 Å². The van der Waals surface area contributed by atoms with Crippen LogP contribution in [0, 0.1) is 0 Å². The number of hydrogen-bond donors (Lipinski definition) is 1. The summed E-state index contributed by atoms with van der Waals surface area (Å²) in [6.45, 7) is 1.76. The van der Waals surface area contributed by atoms with Gasteiger partial charge in [-0.3, -0.25) is 0 Å². The highest BCUT2D eigenvalue weighted by Gasteiger charge is 2.16. The number of ether oxygens (including phenoxy) is 2. The van der Waals surface area contributed by atoms with Gasteiger partial charge in [0.15, 0.2) is 0 Å². The summed E-state index contributed by atoms with van der Waals surface area (Å²) >= 11 is 3.45. The zero-order valence-corrected chi connectivity index (χ0v) is 14.0. The predicted octanol–water partition coefficient (Wildman–Crippen LogP) is 3.54. The van der Waals surface area contributed by atoms with E-state index in [1.165, 1.54) is 0 Å². The summed E-state index contributed by atoms with van der Waals surface area (Å²) in [6.07, 6.45) is -0.598. The molecule has 0 heterocycles. The highest BCUT2D eigenvalue weighted by Crippen LogP contribution is 2.10. The van der Waals surface area contributed by atoms with Crippen LogP contribution in [0.3, 0.4) is 0 Å². The molecule has 0 radical (unpaired) electrons. The van der Waals surface area contributed by atoms with Crippen LogP contribution in [0.1, 0.15) is 11.1 Å². The van der Waals surface area contributed by atoms with E-state index in [9.17, 15) is 5.11 Å². The average Bonchev–Trinajstić information content (AvgIpc) is 2.56. The summed E-state index contributed by atoms with van der Waals surface area (Å²) in [7, 11) is 0. The van der Waals surface area contributed by atoms with E-state index in [1.807, 2.05) is 60.7 Å². The van der Waals surface area contributed by atoms with Gasteiger partial charge < -0.3 is 14.6 Å². The molecule has 2 rings (SSSR count). The lowest BCUT2D eigenvalue weighted by molar-refractivity contribution is 0.0108. The van der Waals surface area contributed by atoms with Crippen LogP contribution in [-0.2, 0) is 22.7 Å². The van der Waals surface area contributed by atoms with Gasteiger partial charge in [0.1, 0.15) is 0 Å². The maximum atomic E-state index is 10.0. The maximum absolute atomic E-state index is 10.0. The summed E-state index contributed by atoms with van der Waals surface area (Å²) in [5, 5.41) is 10.0. The molecule has 0 amide bonds. The number of aliphatic hydroxyl groups is 1. The molecule has 22 heavy (non-hydrogen) atoms. The van der Waals surface area contributed by atoms with Crippen molar-refractivity contribution in [3.05, 3.63) is 71.8 Å². The highest BCUT2D eigenvalue weighted by atomic mass is 79.9. The predicted molar refractivity (Wildman–Crippen MR) is 90.9 cm³/mol. The number of halogens is 1. The molecule has 2 aromatic carbocycles. The zero-order valence-electron chi connectivity index (χ0n) is 12.4. The van der Waals surface area contributed by atoms with Crippen LogP contribution >= 0.6 is 15.9 Å². The van der Waals surface area contributed by atoms with Crippen molar-refractivity contribution in [3.8, 4) is 0 Å². The van der Waals surface area contributed by atoms with Crippen molar-refractivity contribution in [2.45, 2.75) is 24.1 Å². The van der Waals surface area contributed by atoms with Gasteiger partial charge >= 0.3 is 0 Å². The van der Waals surface area contributed by atoms with E-state index in [0.29, 0.717) is 19.8 Å². The maximum Gasteiger partial charge on any atom is 0.0920 e. The van der Waals surface area contributed by atoms with Crippen LogP contribution in [0.2, 0.25) is 0 Å². The largest absolute Gasteiger partial charge is 0.389 e. The Morgan fingerprint density at radius 3 is 1.73 bits per heavy atom. The molecule has 0 aliphatic heterocycles. The van der Waals surface area contributed by atoms with Crippen molar-refractivity contribution >= 4 is 15.9 Å². The van der Waals surface area contributed by atoms with Crippen molar-refractivity contribution in [2.24, 2.45) is 0 Å². The Balaban J connectivity index is 1.61. The summed E-state index contributed by atoms with van der Waals surface area (Å²) in [4.78, 5) is -0.146. The second-order valence-electron chi connectivity index (χ2n) is 5.08. The summed E-state index contributed by atoms with van der Waals surface area (Å²) < 4.78 is 11.1. The molecule has 4 heteroatoms. The molecule has 2 aromatic rings. The van der Waals surface area contributed by atoms with E-state index in [0.717, 1.165) is 11.1 Å². The van der Waals surface area contributed by atoms with Gasteiger partial charge in [-0.15, -0.1) is 0 Å². The summed E-state index contributed by atoms with van der Waals surface area (Å²) in [5.41, 5.74) is 2.22. The Labute approximate surface area is 140 Å². The fourth-order valence-corrected chi connectivity index (χ4v) is 2.29. The molecular weight excluding hydrogens is 344 g/mol. The SMILES string of the molecule is O[C@@H](COCc1ccccc1)[C@@H](Br)COCc1ccccc1. The zero-order chi connectivity index (χ0) is 15.6. The third kappa shape index (κ3) is 6.28. The Bertz CT molecular complexity index is 469. The molecule has 0 aromatic heterocycles. The first-order valence-electron chi connectivity index (χ1n) is 7.31. The van der Waals surface area contributed by atoms with Crippen molar-refractivity contribution in [2.75, 3.05) is 13.2 Å². The lowest BCUT2D eigenvalue weighted by Gasteiger charge is -2.17. The van der Waals surface area contributed by atoms with Crippen LogP contribution in [0.25, 0.3) is 0 Å². The van der Waals surface area contributed by atoms with Gasteiger partial charge in [-0.25, -0.2) is 0 Å². The van der Waals surface area contributed by atoms with Crippen LogP contribution < -0.4 is 0 Å².